The Morgan fingerprint density at radius 3 is 2.71 bits per heavy atom. The van der Waals surface area contributed by atoms with E-state index in [4.69, 9.17) is 9.47 Å². The number of carbonyl (C=O) groups excluding carboxylic acids is 1. The number of nitrogens with zero attached hydrogens (tertiary/aromatic N) is 1. The molecule has 1 heterocycles. The highest BCUT2D eigenvalue weighted by Crippen LogP contribution is 2.34. The Kier molecular flexibility index (Phi) is 4.90. The number of ether oxygens (including phenoxy) is 2. The minimum Gasteiger partial charge on any atom is -0.493 e. The molecule has 0 amide bonds. The summed E-state index contributed by atoms with van der Waals surface area (Å²) >= 11 is 3.39. The van der Waals surface area contributed by atoms with Gasteiger partial charge in [-0.1, -0.05) is 15.9 Å². The number of hydrogen-bond donors (Lipinski definition) is 0. The van der Waals surface area contributed by atoms with E-state index in [2.05, 4.69) is 20.9 Å². The maximum absolute atomic E-state index is 13.0. The molecular weight excluding hydrogens is 341 g/mol. The van der Waals surface area contributed by atoms with Gasteiger partial charge in [0, 0.05) is 10.0 Å². The summed E-state index contributed by atoms with van der Waals surface area (Å²) in [6.07, 6.45) is 1.14. The number of esters is 1. The molecule has 2 rings (SSSR count). The number of pyridine rings is 1. The lowest BCUT2D eigenvalue weighted by Crippen LogP contribution is -2.06. The van der Waals surface area contributed by atoms with Crippen LogP contribution in [-0.2, 0) is 4.74 Å². The quantitative estimate of drug-likeness (QED) is 0.783. The average molecular weight is 354 g/mol. The van der Waals surface area contributed by atoms with Crippen LogP contribution < -0.4 is 4.74 Å². The Bertz CT molecular complexity index is 659. The molecule has 2 aromatic rings. The van der Waals surface area contributed by atoms with Crippen molar-refractivity contribution >= 4 is 21.9 Å². The molecule has 6 heteroatoms. The first-order valence-electron chi connectivity index (χ1n) is 6.23. The molecule has 0 atom stereocenters. The number of benzene rings is 1. The lowest BCUT2D eigenvalue weighted by molar-refractivity contribution is 0.0596. The summed E-state index contributed by atoms with van der Waals surface area (Å²) in [6.45, 7) is 2.22. The highest BCUT2D eigenvalue weighted by atomic mass is 79.9. The number of aromatic nitrogens is 1. The lowest BCUT2D eigenvalue weighted by atomic mass is 10.1. The maximum atomic E-state index is 13.0. The lowest BCUT2D eigenvalue weighted by Gasteiger charge is -2.12. The number of carbonyl (C=O) groups is 1. The Morgan fingerprint density at radius 2 is 2.14 bits per heavy atom. The number of halogens is 2. The summed E-state index contributed by atoms with van der Waals surface area (Å²) in [5.41, 5.74) is 1.59. The zero-order valence-corrected chi connectivity index (χ0v) is 13.1. The third kappa shape index (κ3) is 3.39. The molecule has 0 saturated heterocycles. The van der Waals surface area contributed by atoms with Crippen molar-refractivity contribution in [2.45, 2.75) is 6.92 Å². The van der Waals surface area contributed by atoms with Crippen molar-refractivity contribution in [2.75, 3.05) is 13.7 Å². The van der Waals surface area contributed by atoms with Crippen molar-refractivity contribution in [1.82, 2.24) is 4.98 Å². The maximum Gasteiger partial charge on any atom is 0.341 e. The molecule has 0 saturated carbocycles. The number of hydrogen-bond acceptors (Lipinski definition) is 4. The Balaban J connectivity index is 2.55. The summed E-state index contributed by atoms with van der Waals surface area (Å²) in [4.78, 5) is 15.8. The van der Waals surface area contributed by atoms with Crippen molar-refractivity contribution in [3.8, 4) is 17.0 Å². The predicted octanol–water partition coefficient (Wildman–Crippen LogP) is 3.84. The second-order valence-electron chi connectivity index (χ2n) is 4.11. The third-order valence-corrected chi connectivity index (χ3v) is 3.43. The number of rotatable bonds is 4. The van der Waals surface area contributed by atoms with E-state index in [0.717, 1.165) is 6.20 Å². The van der Waals surface area contributed by atoms with Gasteiger partial charge < -0.3 is 9.47 Å². The van der Waals surface area contributed by atoms with E-state index in [0.29, 0.717) is 33.6 Å². The second-order valence-corrected chi connectivity index (χ2v) is 4.97. The van der Waals surface area contributed by atoms with Gasteiger partial charge in [0.1, 0.15) is 17.1 Å². The van der Waals surface area contributed by atoms with Crippen LogP contribution in [0.15, 0.2) is 34.9 Å². The van der Waals surface area contributed by atoms with Crippen LogP contribution in [-0.4, -0.2) is 24.7 Å². The smallest absolute Gasteiger partial charge is 0.341 e. The molecule has 0 aliphatic rings. The van der Waals surface area contributed by atoms with Gasteiger partial charge in [-0.05, 0) is 31.2 Å². The van der Waals surface area contributed by atoms with Crippen LogP contribution in [0.3, 0.4) is 0 Å². The Hall–Kier alpha value is -1.95. The van der Waals surface area contributed by atoms with Crippen molar-refractivity contribution in [3.63, 3.8) is 0 Å². The zero-order valence-electron chi connectivity index (χ0n) is 11.5. The van der Waals surface area contributed by atoms with Crippen molar-refractivity contribution in [3.05, 3.63) is 46.3 Å². The van der Waals surface area contributed by atoms with Crippen LogP contribution in [0.25, 0.3) is 11.3 Å². The summed E-state index contributed by atoms with van der Waals surface area (Å²) in [5, 5.41) is 0. The minimum absolute atomic E-state index is 0.317. The Labute approximate surface area is 130 Å². The molecule has 0 bridgehead atoms. The SMILES string of the molecule is CCOc1cc(-c2ccc(F)cn2)c(Br)cc1C(=O)OC. The van der Waals surface area contributed by atoms with Crippen LogP contribution in [0.1, 0.15) is 17.3 Å². The van der Waals surface area contributed by atoms with Gasteiger partial charge in [-0.25, -0.2) is 9.18 Å². The minimum atomic E-state index is -0.488. The fraction of sp³-hybridized carbons (Fsp3) is 0.200. The summed E-state index contributed by atoms with van der Waals surface area (Å²) in [6, 6.07) is 6.17. The molecule has 1 aromatic carbocycles. The standard InChI is InChI=1S/C15H13BrFNO3/c1-3-21-14-7-10(13-5-4-9(17)8-18-13)12(16)6-11(14)15(19)20-2/h4-8H,3H2,1-2H3. The van der Waals surface area contributed by atoms with E-state index in [1.807, 2.05) is 6.92 Å². The molecule has 0 fully saturated rings. The van der Waals surface area contributed by atoms with Gasteiger partial charge in [0.05, 0.1) is 25.6 Å². The zero-order chi connectivity index (χ0) is 15.4. The van der Waals surface area contributed by atoms with Gasteiger partial charge >= 0.3 is 5.97 Å². The normalized spacial score (nSPS) is 10.3. The molecule has 0 radical (unpaired) electrons. The van der Waals surface area contributed by atoms with Gasteiger partial charge in [0.15, 0.2) is 0 Å². The molecule has 0 aliphatic carbocycles. The highest BCUT2D eigenvalue weighted by Gasteiger charge is 2.17. The van der Waals surface area contributed by atoms with Gasteiger partial charge in [0.25, 0.3) is 0 Å². The van der Waals surface area contributed by atoms with Crippen LogP contribution in [0.4, 0.5) is 4.39 Å². The van der Waals surface area contributed by atoms with Crippen LogP contribution >= 0.6 is 15.9 Å². The first kappa shape index (κ1) is 15.4. The molecular formula is C15H13BrFNO3. The summed E-state index contributed by atoms with van der Waals surface area (Å²) in [5.74, 6) is -0.502. The molecule has 110 valence electrons. The molecule has 1 aromatic heterocycles. The van der Waals surface area contributed by atoms with E-state index >= 15 is 0 Å². The monoisotopic (exact) mass is 353 g/mol. The van der Waals surface area contributed by atoms with Crippen molar-refractivity contribution in [1.29, 1.82) is 0 Å². The molecule has 0 spiro atoms. The highest BCUT2D eigenvalue weighted by molar-refractivity contribution is 9.10. The fourth-order valence-corrected chi connectivity index (χ4v) is 2.38. The fourth-order valence-electron chi connectivity index (χ4n) is 1.83. The molecule has 0 unspecified atom stereocenters. The largest absolute Gasteiger partial charge is 0.493 e. The third-order valence-electron chi connectivity index (χ3n) is 2.78. The van der Waals surface area contributed by atoms with E-state index in [1.165, 1.54) is 13.2 Å². The van der Waals surface area contributed by atoms with Crippen LogP contribution in [0.5, 0.6) is 5.75 Å². The van der Waals surface area contributed by atoms with Crippen molar-refractivity contribution < 1.29 is 18.7 Å². The van der Waals surface area contributed by atoms with Gasteiger partial charge in [-0.3, -0.25) is 4.98 Å². The average Bonchev–Trinajstić information content (AvgIpc) is 2.49. The van der Waals surface area contributed by atoms with Crippen molar-refractivity contribution in [2.24, 2.45) is 0 Å². The van der Waals surface area contributed by atoms with Gasteiger partial charge in [-0.15, -0.1) is 0 Å². The molecule has 21 heavy (non-hydrogen) atoms. The van der Waals surface area contributed by atoms with E-state index in [9.17, 15) is 9.18 Å². The first-order valence-corrected chi connectivity index (χ1v) is 7.02. The predicted molar refractivity (Wildman–Crippen MR) is 79.8 cm³/mol. The molecule has 0 N–H and O–H groups in total. The van der Waals surface area contributed by atoms with E-state index in [-0.39, 0.29) is 0 Å². The number of methoxy groups -OCH3 is 1. The van der Waals surface area contributed by atoms with Crippen LogP contribution in [0.2, 0.25) is 0 Å². The topological polar surface area (TPSA) is 48.4 Å². The summed E-state index contributed by atoms with van der Waals surface area (Å²) in [7, 11) is 1.31. The van der Waals surface area contributed by atoms with Crippen LogP contribution in [0, 0.1) is 5.82 Å². The molecule has 0 aliphatic heterocycles. The molecule has 4 nitrogen and oxygen atoms in total. The Morgan fingerprint density at radius 1 is 1.38 bits per heavy atom. The first-order chi connectivity index (χ1) is 10.1. The van der Waals surface area contributed by atoms with E-state index < -0.39 is 11.8 Å². The van der Waals surface area contributed by atoms with Gasteiger partial charge in [-0.2, -0.15) is 0 Å². The second kappa shape index (κ2) is 6.67. The summed E-state index contributed by atoms with van der Waals surface area (Å²) < 4.78 is 23.8. The van der Waals surface area contributed by atoms with E-state index in [1.54, 1.807) is 18.2 Å². The van der Waals surface area contributed by atoms with Gasteiger partial charge in [0.2, 0.25) is 0 Å².